The second kappa shape index (κ2) is 5.41. The number of ether oxygens (including phenoxy) is 2. The number of aromatic nitrogens is 3. The zero-order chi connectivity index (χ0) is 16.2. The number of hydrogen-bond donors (Lipinski definition) is 2. The van der Waals surface area contributed by atoms with Gasteiger partial charge in [-0.2, -0.15) is 9.61 Å². The summed E-state index contributed by atoms with van der Waals surface area (Å²) in [5.74, 6) is 0.295. The van der Waals surface area contributed by atoms with Gasteiger partial charge in [0.25, 0.3) is 0 Å². The van der Waals surface area contributed by atoms with Crippen molar-refractivity contribution in [2.24, 2.45) is 5.92 Å². The molecule has 2 fully saturated rings. The predicted molar refractivity (Wildman–Crippen MR) is 87.1 cm³/mol. The maximum atomic E-state index is 9.65. The smallest absolute Gasteiger partial charge is 0.163 e. The lowest BCUT2D eigenvalue weighted by atomic mass is 10.1. The van der Waals surface area contributed by atoms with E-state index in [4.69, 9.17) is 9.47 Å². The van der Waals surface area contributed by atoms with Crippen LogP contribution in [-0.2, 0) is 9.47 Å². The van der Waals surface area contributed by atoms with Crippen LogP contribution in [0.1, 0.15) is 20.3 Å². The van der Waals surface area contributed by atoms with Crippen LogP contribution in [0.3, 0.4) is 0 Å². The third-order valence-electron chi connectivity index (χ3n) is 4.48. The van der Waals surface area contributed by atoms with Crippen LogP contribution in [-0.4, -0.2) is 50.3 Å². The fraction of sp³-hybridized carbons (Fsp3) is 0.600. The van der Waals surface area contributed by atoms with E-state index in [9.17, 15) is 5.11 Å². The molecule has 23 heavy (non-hydrogen) atoms. The third-order valence-corrected chi connectivity index (χ3v) is 4.86. The van der Waals surface area contributed by atoms with E-state index in [1.54, 1.807) is 10.7 Å². The fourth-order valence-electron chi connectivity index (χ4n) is 3.57. The van der Waals surface area contributed by atoms with Crippen molar-refractivity contribution in [1.82, 2.24) is 14.6 Å². The lowest BCUT2D eigenvalue weighted by molar-refractivity contribution is -0.158. The Hall–Kier alpha value is -1.22. The first-order valence-electron chi connectivity index (χ1n) is 7.70. The van der Waals surface area contributed by atoms with E-state index in [1.165, 1.54) is 0 Å². The Balaban J connectivity index is 1.63. The second-order valence-corrected chi connectivity index (χ2v) is 7.37. The number of nitrogens with one attached hydrogen (secondary N) is 1. The molecule has 4 rings (SSSR count). The molecule has 1 saturated carbocycles. The van der Waals surface area contributed by atoms with E-state index in [-0.39, 0.29) is 30.8 Å². The Morgan fingerprint density at radius 2 is 2.22 bits per heavy atom. The molecule has 0 spiro atoms. The first-order valence-corrected chi connectivity index (χ1v) is 8.49. The highest BCUT2D eigenvalue weighted by atomic mass is 79.9. The largest absolute Gasteiger partial charge is 0.396 e. The minimum absolute atomic E-state index is 0.0486. The molecule has 1 aliphatic heterocycles. The summed E-state index contributed by atoms with van der Waals surface area (Å²) in [6.45, 7) is 3.91. The van der Waals surface area contributed by atoms with E-state index in [2.05, 4.69) is 31.3 Å². The number of anilines is 1. The molecule has 7 nitrogen and oxygen atoms in total. The van der Waals surface area contributed by atoms with Gasteiger partial charge in [0.15, 0.2) is 11.4 Å². The zero-order valence-corrected chi connectivity index (χ0v) is 14.5. The maximum absolute atomic E-state index is 9.65. The van der Waals surface area contributed by atoms with Crippen molar-refractivity contribution < 1.29 is 14.6 Å². The summed E-state index contributed by atoms with van der Waals surface area (Å²) in [4.78, 5) is 4.29. The molecule has 2 unspecified atom stereocenters. The lowest BCUT2D eigenvalue weighted by Crippen LogP contribution is -2.35. The van der Waals surface area contributed by atoms with Gasteiger partial charge in [0.05, 0.1) is 12.1 Å². The zero-order valence-electron chi connectivity index (χ0n) is 12.9. The first-order chi connectivity index (χ1) is 11.0. The van der Waals surface area contributed by atoms with Gasteiger partial charge >= 0.3 is 0 Å². The molecular weight excluding hydrogens is 364 g/mol. The molecule has 0 bridgehead atoms. The molecule has 1 aliphatic carbocycles. The van der Waals surface area contributed by atoms with Crippen LogP contribution in [0.25, 0.3) is 5.65 Å². The molecule has 0 radical (unpaired) electrons. The van der Waals surface area contributed by atoms with Crippen LogP contribution in [0.15, 0.2) is 22.9 Å². The molecule has 0 aromatic carbocycles. The molecule has 4 atom stereocenters. The van der Waals surface area contributed by atoms with E-state index in [0.29, 0.717) is 0 Å². The summed E-state index contributed by atoms with van der Waals surface area (Å²) >= 11 is 3.37. The summed E-state index contributed by atoms with van der Waals surface area (Å²) in [6, 6.07) is 3.79. The van der Waals surface area contributed by atoms with Gasteiger partial charge in [-0.3, -0.25) is 0 Å². The summed E-state index contributed by atoms with van der Waals surface area (Å²) < 4.78 is 14.5. The Kier molecular flexibility index (Phi) is 3.60. The van der Waals surface area contributed by atoms with Crippen molar-refractivity contribution in [3.8, 4) is 0 Å². The highest BCUT2D eigenvalue weighted by Gasteiger charge is 2.53. The molecule has 3 heterocycles. The van der Waals surface area contributed by atoms with Gasteiger partial charge in [0.2, 0.25) is 0 Å². The third kappa shape index (κ3) is 2.63. The first kappa shape index (κ1) is 15.3. The van der Waals surface area contributed by atoms with Gasteiger partial charge < -0.3 is 19.9 Å². The van der Waals surface area contributed by atoms with Gasteiger partial charge in [-0.1, -0.05) is 0 Å². The molecule has 2 aromatic heterocycles. The minimum atomic E-state index is -0.620. The second-order valence-electron chi connectivity index (χ2n) is 6.56. The number of fused-ring (bicyclic) bond motifs is 2. The van der Waals surface area contributed by atoms with Crippen molar-refractivity contribution in [3.63, 3.8) is 0 Å². The maximum Gasteiger partial charge on any atom is 0.163 e. The average Bonchev–Trinajstić information content (AvgIpc) is 3.10. The Bertz CT molecular complexity index is 735. The van der Waals surface area contributed by atoms with Crippen LogP contribution in [0.5, 0.6) is 0 Å². The monoisotopic (exact) mass is 382 g/mol. The molecule has 2 N–H and O–H groups in total. The van der Waals surface area contributed by atoms with Crippen LogP contribution < -0.4 is 5.32 Å². The van der Waals surface area contributed by atoms with Crippen molar-refractivity contribution in [3.05, 3.63) is 22.9 Å². The predicted octanol–water partition coefficient (Wildman–Crippen LogP) is 1.80. The standard InChI is InChI=1S/C15H19BrN4O3/c1-15(2)22-13-8(7-21)5-9(14(13)23-15)18-11-3-4-17-12-6-10(16)19-20(11)12/h3-4,6,8-9,13-14,18,21H,5,7H2,1-2H3/t8-,9?,13-,14?/m1/s1. The average molecular weight is 383 g/mol. The summed E-state index contributed by atoms with van der Waals surface area (Å²) in [6.07, 6.45) is 2.35. The Morgan fingerprint density at radius 1 is 1.43 bits per heavy atom. The van der Waals surface area contributed by atoms with Gasteiger partial charge in [0.1, 0.15) is 16.5 Å². The van der Waals surface area contributed by atoms with Crippen LogP contribution >= 0.6 is 15.9 Å². The Morgan fingerprint density at radius 3 is 3.00 bits per heavy atom. The number of aliphatic hydroxyl groups excluding tert-OH is 1. The van der Waals surface area contributed by atoms with Gasteiger partial charge in [-0.05, 0) is 42.3 Å². The fourth-order valence-corrected chi connectivity index (χ4v) is 3.94. The van der Waals surface area contributed by atoms with Crippen molar-refractivity contribution in [1.29, 1.82) is 0 Å². The topological polar surface area (TPSA) is 80.9 Å². The summed E-state index contributed by atoms with van der Waals surface area (Å²) in [5, 5.41) is 17.5. The highest BCUT2D eigenvalue weighted by Crippen LogP contribution is 2.42. The van der Waals surface area contributed by atoms with Gasteiger partial charge in [-0.15, -0.1) is 0 Å². The Labute approximate surface area is 142 Å². The molecule has 1 saturated heterocycles. The molecule has 2 aliphatic rings. The number of aliphatic hydroxyl groups is 1. The molecule has 8 heteroatoms. The van der Waals surface area contributed by atoms with Crippen LogP contribution in [0, 0.1) is 5.92 Å². The SMILES string of the molecule is CC1(C)OC2C(Nc3ccnc4cc(Br)nn34)C[C@H](CO)[C@H]2O1. The highest BCUT2D eigenvalue weighted by molar-refractivity contribution is 9.10. The quantitative estimate of drug-likeness (QED) is 0.842. The van der Waals surface area contributed by atoms with Crippen molar-refractivity contribution >= 4 is 27.4 Å². The molecule has 124 valence electrons. The van der Waals surface area contributed by atoms with E-state index in [0.717, 1.165) is 22.5 Å². The summed E-state index contributed by atoms with van der Waals surface area (Å²) in [7, 11) is 0. The minimum Gasteiger partial charge on any atom is -0.396 e. The number of halogens is 1. The van der Waals surface area contributed by atoms with Gasteiger partial charge in [0, 0.05) is 24.8 Å². The number of hydrogen-bond acceptors (Lipinski definition) is 6. The normalized spacial score (nSPS) is 32.3. The van der Waals surface area contributed by atoms with Crippen LogP contribution in [0.4, 0.5) is 5.82 Å². The van der Waals surface area contributed by atoms with Crippen molar-refractivity contribution in [2.45, 2.75) is 44.3 Å². The van der Waals surface area contributed by atoms with E-state index < -0.39 is 5.79 Å². The lowest BCUT2D eigenvalue weighted by Gasteiger charge is -2.24. The molecule has 2 aromatic rings. The molecule has 0 amide bonds. The van der Waals surface area contributed by atoms with Crippen molar-refractivity contribution in [2.75, 3.05) is 11.9 Å². The van der Waals surface area contributed by atoms with Crippen LogP contribution in [0.2, 0.25) is 0 Å². The summed E-state index contributed by atoms with van der Waals surface area (Å²) in [5.41, 5.74) is 0.763. The molecular formula is C15H19BrN4O3. The van der Waals surface area contributed by atoms with E-state index in [1.807, 2.05) is 26.0 Å². The van der Waals surface area contributed by atoms with Gasteiger partial charge in [-0.25, -0.2) is 4.98 Å². The number of nitrogens with zero attached hydrogens (tertiary/aromatic N) is 3. The number of rotatable bonds is 3. The van der Waals surface area contributed by atoms with E-state index >= 15 is 0 Å².